The molecule has 0 radical (unpaired) electrons. The second kappa shape index (κ2) is 7.66. The third-order valence-corrected chi connectivity index (χ3v) is 4.02. The average Bonchev–Trinajstić information content (AvgIpc) is 2.39. The molecular formula is C17H30N2. The number of hydrogen-bond donors (Lipinski definition) is 1. The second-order valence-electron chi connectivity index (χ2n) is 5.95. The Morgan fingerprint density at radius 1 is 1.16 bits per heavy atom. The van der Waals surface area contributed by atoms with E-state index in [-0.39, 0.29) is 0 Å². The summed E-state index contributed by atoms with van der Waals surface area (Å²) in [6, 6.07) is 9.57. The number of likely N-dealkylation sites (N-methyl/N-ethyl adjacent to an activating group) is 1. The molecular weight excluding hydrogens is 232 g/mol. The highest BCUT2D eigenvalue weighted by Gasteiger charge is 2.22. The van der Waals surface area contributed by atoms with Crippen molar-refractivity contribution in [1.82, 2.24) is 4.90 Å². The summed E-state index contributed by atoms with van der Waals surface area (Å²) in [5.74, 6) is 0.720. The first kappa shape index (κ1) is 16.2. The third-order valence-electron chi connectivity index (χ3n) is 4.02. The van der Waals surface area contributed by atoms with E-state index in [0.717, 1.165) is 12.3 Å². The van der Waals surface area contributed by atoms with Gasteiger partial charge >= 0.3 is 0 Å². The molecule has 2 atom stereocenters. The maximum Gasteiger partial charge on any atom is 0.0472 e. The molecule has 2 heteroatoms. The fourth-order valence-corrected chi connectivity index (χ4v) is 2.85. The van der Waals surface area contributed by atoms with Gasteiger partial charge in [0.05, 0.1) is 0 Å². The molecule has 19 heavy (non-hydrogen) atoms. The number of hydrogen-bond acceptors (Lipinski definition) is 2. The molecule has 0 aliphatic carbocycles. The van der Waals surface area contributed by atoms with E-state index >= 15 is 0 Å². The van der Waals surface area contributed by atoms with Gasteiger partial charge in [-0.3, -0.25) is 4.90 Å². The van der Waals surface area contributed by atoms with Gasteiger partial charge in [0.2, 0.25) is 0 Å². The molecule has 1 aromatic carbocycles. The number of aryl methyl sites for hydroxylation is 1. The maximum absolute atomic E-state index is 6.06. The molecule has 108 valence electrons. The van der Waals surface area contributed by atoms with E-state index in [1.54, 1.807) is 0 Å². The second-order valence-corrected chi connectivity index (χ2v) is 5.95. The zero-order valence-electron chi connectivity index (χ0n) is 13.2. The van der Waals surface area contributed by atoms with Gasteiger partial charge < -0.3 is 5.73 Å². The molecule has 0 saturated heterocycles. The molecule has 2 N–H and O–H groups in total. The van der Waals surface area contributed by atoms with E-state index in [4.69, 9.17) is 5.73 Å². The van der Waals surface area contributed by atoms with E-state index in [9.17, 15) is 0 Å². The van der Waals surface area contributed by atoms with Crippen molar-refractivity contribution in [2.45, 2.75) is 52.6 Å². The van der Waals surface area contributed by atoms with Crippen LogP contribution in [0.25, 0.3) is 0 Å². The van der Waals surface area contributed by atoms with Crippen LogP contribution < -0.4 is 5.73 Å². The van der Waals surface area contributed by atoms with Gasteiger partial charge in [0.15, 0.2) is 0 Å². The summed E-state index contributed by atoms with van der Waals surface area (Å²) >= 11 is 0. The topological polar surface area (TPSA) is 29.3 Å². The molecule has 1 rings (SSSR count). The Hall–Kier alpha value is -0.860. The lowest BCUT2D eigenvalue weighted by Gasteiger charge is -2.34. The van der Waals surface area contributed by atoms with Gasteiger partial charge in [-0.25, -0.2) is 0 Å². The van der Waals surface area contributed by atoms with Gasteiger partial charge in [0.1, 0.15) is 0 Å². The van der Waals surface area contributed by atoms with Crippen LogP contribution in [0.4, 0.5) is 0 Å². The van der Waals surface area contributed by atoms with Crippen LogP contribution in [0.3, 0.4) is 0 Å². The molecule has 0 bridgehead atoms. The predicted molar refractivity (Wildman–Crippen MR) is 84.3 cm³/mol. The Morgan fingerprint density at radius 2 is 1.79 bits per heavy atom. The highest BCUT2D eigenvalue weighted by Crippen LogP contribution is 2.26. The molecule has 0 heterocycles. The van der Waals surface area contributed by atoms with E-state index in [2.05, 4.69) is 63.9 Å². The van der Waals surface area contributed by atoms with Crippen molar-refractivity contribution in [3.63, 3.8) is 0 Å². The van der Waals surface area contributed by atoms with Crippen LogP contribution >= 0.6 is 0 Å². The third kappa shape index (κ3) is 4.32. The fourth-order valence-electron chi connectivity index (χ4n) is 2.85. The Morgan fingerprint density at radius 3 is 2.32 bits per heavy atom. The van der Waals surface area contributed by atoms with Crippen LogP contribution in [0.15, 0.2) is 24.3 Å². The molecule has 0 saturated carbocycles. The van der Waals surface area contributed by atoms with Gasteiger partial charge in [-0.05, 0) is 43.9 Å². The quantitative estimate of drug-likeness (QED) is 0.813. The summed E-state index contributed by atoms with van der Waals surface area (Å²) in [6.45, 7) is 9.75. The van der Waals surface area contributed by atoms with E-state index in [0.29, 0.717) is 18.6 Å². The van der Waals surface area contributed by atoms with E-state index in [1.807, 2.05) is 0 Å². The number of rotatable bonds is 7. The molecule has 0 aromatic heterocycles. The number of nitrogens with zero attached hydrogens (tertiary/aromatic N) is 1. The summed E-state index contributed by atoms with van der Waals surface area (Å²) < 4.78 is 0. The lowest BCUT2D eigenvalue weighted by atomic mass is 9.95. The minimum absolute atomic E-state index is 0.324. The van der Waals surface area contributed by atoms with Gasteiger partial charge in [0.25, 0.3) is 0 Å². The standard InChI is InChI=1S/C17H30N2/c1-6-15-9-7-8-10-16(15)17(12-18)19(5)14(4)11-13(2)3/h7-10,13-14,17H,6,11-12,18H2,1-5H3. The van der Waals surface area contributed by atoms with Crippen molar-refractivity contribution < 1.29 is 0 Å². The summed E-state index contributed by atoms with van der Waals surface area (Å²) in [6.07, 6.45) is 2.28. The Labute approximate surface area is 119 Å². The van der Waals surface area contributed by atoms with Crippen molar-refractivity contribution in [3.8, 4) is 0 Å². The molecule has 0 aliphatic heterocycles. The monoisotopic (exact) mass is 262 g/mol. The first-order chi connectivity index (χ1) is 9.01. The van der Waals surface area contributed by atoms with Crippen molar-refractivity contribution in [3.05, 3.63) is 35.4 Å². The van der Waals surface area contributed by atoms with E-state index in [1.165, 1.54) is 17.5 Å². The molecule has 0 spiro atoms. The average molecular weight is 262 g/mol. The summed E-state index contributed by atoms with van der Waals surface area (Å²) in [5, 5.41) is 0. The van der Waals surface area contributed by atoms with Gasteiger partial charge in [-0.15, -0.1) is 0 Å². The van der Waals surface area contributed by atoms with Crippen LogP contribution in [0.2, 0.25) is 0 Å². The van der Waals surface area contributed by atoms with Crippen molar-refractivity contribution in [2.24, 2.45) is 11.7 Å². The van der Waals surface area contributed by atoms with Crippen molar-refractivity contribution in [1.29, 1.82) is 0 Å². The SMILES string of the molecule is CCc1ccccc1C(CN)N(C)C(C)CC(C)C. The molecule has 0 aliphatic rings. The lowest BCUT2D eigenvalue weighted by molar-refractivity contribution is 0.168. The van der Waals surface area contributed by atoms with Crippen molar-refractivity contribution in [2.75, 3.05) is 13.6 Å². The number of nitrogens with two attached hydrogens (primary N) is 1. The zero-order chi connectivity index (χ0) is 14.4. The minimum Gasteiger partial charge on any atom is -0.329 e. The Kier molecular flexibility index (Phi) is 6.53. The number of benzene rings is 1. The first-order valence-corrected chi connectivity index (χ1v) is 7.51. The fraction of sp³-hybridized carbons (Fsp3) is 0.647. The molecule has 0 amide bonds. The largest absolute Gasteiger partial charge is 0.329 e. The van der Waals surface area contributed by atoms with Gasteiger partial charge in [-0.2, -0.15) is 0 Å². The molecule has 2 nitrogen and oxygen atoms in total. The highest BCUT2D eigenvalue weighted by molar-refractivity contribution is 5.30. The molecule has 0 fully saturated rings. The molecule has 2 unspecified atom stereocenters. The zero-order valence-corrected chi connectivity index (χ0v) is 13.2. The van der Waals surface area contributed by atoms with Crippen LogP contribution in [0.1, 0.15) is 51.3 Å². The maximum atomic E-state index is 6.06. The normalized spacial score (nSPS) is 14.9. The van der Waals surface area contributed by atoms with Crippen LogP contribution in [-0.2, 0) is 6.42 Å². The van der Waals surface area contributed by atoms with Crippen LogP contribution in [0.5, 0.6) is 0 Å². The minimum atomic E-state index is 0.324. The summed E-state index contributed by atoms with van der Waals surface area (Å²) in [4.78, 5) is 2.44. The summed E-state index contributed by atoms with van der Waals surface area (Å²) in [7, 11) is 2.21. The summed E-state index contributed by atoms with van der Waals surface area (Å²) in [5.41, 5.74) is 8.87. The predicted octanol–water partition coefficient (Wildman–Crippen LogP) is 3.62. The van der Waals surface area contributed by atoms with E-state index < -0.39 is 0 Å². The Balaban J connectivity index is 2.93. The van der Waals surface area contributed by atoms with Crippen LogP contribution in [-0.4, -0.2) is 24.5 Å². The van der Waals surface area contributed by atoms with Gasteiger partial charge in [0, 0.05) is 18.6 Å². The molecule has 1 aromatic rings. The van der Waals surface area contributed by atoms with Gasteiger partial charge in [-0.1, -0.05) is 45.0 Å². The first-order valence-electron chi connectivity index (χ1n) is 7.51. The Bertz CT molecular complexity index is 373. The lowest BCUT2D eigenvalue weighted by Crippen LogP contribution is -2.38. The van der Waals surface area contributed by atoms with Crippen LogP contribution in [0, 0.1) is 5.92 Å². The smallest absolute Gasteiger partial charge is 0.0472 e. The van der Waals surface area contributed by atoms with Crippen molar-refractivity contribution >= 4 is 0 Å². The highest BCUT2D eigenvalue weighted by atomic mass is 15.2.